The van der Waals surface area contributed by atoms with Crippen LogP contribution in [0.3, 0.4) is 0 Å². The molecule has 0 saturated carbocycles. The van der Waals surface area contributed by atoms with Crippen molar-refractivity contribution in [2.24, 2.45) is 0 Å². The monoisotopic (exact) mass is 368 g/mol. The molecule has 0 aromatic heterocycles. The van der Waals surface area contributed by atoms with Crippen molar-refractivity contribution in [2.45, 2.75) is 37.8 Å². The summed E-state index contributed by atoms with van der Waals surface area (Å²) in [5.41, 5.74) is 0.214. The highest BCUT2D eigenvalue weighted by Gasteiger charge is 2.34. The van der Waals surface area contributed by atoms with Crippen LogP contribution in [0.4, 0.5) is 0 Å². The zero-order valence-electron chi connectivity index (χ0n) is 15.8. The third-order valence-corrected chi connectivity index (χ3v) is 5.39. The Balaban J connectivity index is 1.89. The van der Waals surface area contributed by atoms with Crippen molar-refractivity contribution in [1.29, 1.82) is 0 Å². The average molecular weight is 368 g/mol. The predicted octanol–water partition coefficient (Wildman–Crippen LogP) is 2.62. The smallest absolute Gasteiger partial charge is 0.219 e. The van der Waals surface area contributed by atoms with Gasteiger partial charge in [0.2, 0.25) is 5.91 Å². The van der Waals surface area contributed by atoms with Gasteiger partial charge in [0.25, 0.3) is 0 Å². The van der Waals surface area contributed by atoms with Gasteiger partial charge in [0.05, 0.1) is 0 Å². The lowest BCUT2D eigenvalue weighted by molar-refractivity contribution is -0.131. The Morgan fingerprint density at radius 1 is 1.19 bits per heavy atom. The normalized spacial score (nSPS) is 19.9. The van der Waals surface area contributed by atoms with Crippen LogP contribution in [-0.2, 0) is 10.4 Å². The molecule has 3 N–H and O–H groups in total. The Morgan fingerprint density at radius 2 is 1.93 bits per heavy atom. The third-order valence-electron chi connectivity index (χ3n) is 5.39. The van der Waals surface area contributed by atoms with Crippen molar-refractivity contribution >= 4 is 5.91 Å². The molecule has 1 amide bonds. The molecule has 2 atom stereocenters. The SMILES string of the molecule is CC(=O)N1CCCNCC1CCC(O)(c1ccccc1)c1cccc(O)c1. The summed E-state index contributed by atoms with van der Waals surface area (Å²) in [4.78, 5) is 14.0. The lowest BCUT2D eigenvalue weighted by atomic mass is 9.81. The van der Waals surface area contributed by atoms with Gasteiger partial charge in [-0.2, -0.15) is 0 Å². The standard InChI is InChI=1S/C22H28N2O3/c1-17(25)24-14-6-13-23-16-20(24)11-12-22(27,18-7-3-2-4-8-18)19-9-5-10-21(26)15-19/h2-5,7-10,15,20,23,26-27H,6,11-14,16H2,1H3. The minimum Gasteiger partial charge on any atom is -0.508 e. The summed E-state index contributed by atoms with van der Waals surface area (Å²) in [6, 6.07) is 16.3. The first-order valence-electron chi connectivity index (χ1n) is 9.56. The van der Waals surface area contributed by atoms with Gasteiger partial charge in [-0.05, 0) is 49.1 Å². The van der Waals surface area contributed by atoms with E-state index in [2.05, 4.69) is 5.32 Å². The molecule has 2 aromatic carbocycles. The predicted molar refractivity (Wildman–Crippen MR) is 105 cm³/mol. The van der Waals surface area contributed by atoms with Crippen LogP contribution < -0.4 is 5.32 Å². The highest BCUT2D eigenvalue weighted by atomic mass is 16.3. The van der Waals surface area contributed by atoms with Gasteiger partial charge in [-0.15, -0.1) is 0 Å². The number of hydrogen-bond acceptors (Lipinski definition) is 4. The lowest BCUT2D eigenvalue weighted by Crippen LogP contribution is -2.43. The van der Waals surface area contributed by atoms with Gasteiger partial charge in [0, 0.05) is 26.1 Å². The van der Waals surface area contributed by atoms with Crippen LogP contribution in [0.2, 0.25) is 0 Å². The number of aliphatic hydroxyl groups is 1. The summed E-state index contributed by atoms with van der Waals surface area (Å²) in [6.45, 7) is 3.97. The number of amides is 1. The molecule has 2 unspecified atom stereocenters. The maximum absolute atomic E-state index is 12.1. The van der Waals surface area contributed by atoms with Crippen molar-refractivity contribution in [3.8, 4) is 5.75 Å². The first-order valence-corrected chi connectivity index (χ1v) is 9.56. The quantitative estimate of drug-likeness (QED) is 0.759. The van der Waals surface area contributed by atoms with Gasteiger partial charge in [-0.3, -0.25) is 4.79 Å². The van der Waals surface area contributed by atoms with Gasteiger partial charge < -0.3 is 20.4 Å². The van der Waals surface area contributed by atoms with Crippen LogP contribution in [-0.4, -0.2) is 46.7 Å². The largest absolute Gasteiger partial charge is 0.508 e. The van der Waals surface area contributed by atoms with Crippen molar-refractivity contribution in [1.82, 2.24) is 10.2 Å². The van der Waals surface area contributed by atoms with Crippen molar-refractivity contribution in [3.63, 3.8) is 0 Å². The molecule has 1 aliphatic rings. The number of carbonyl (C=O) groups excluding carboxylic acids is 1. The van der Waals surface area contributed by atoms with Crippen LogP contribution in [0.15, 0.2) is 54.6 Å². The van der Waals surface area contributed by atoms with E-state index in [-0.39, 0.29) is 17.7 Å². The molecule has 5 heteroatoms. The summed E-state index contributed by atoms with van der Waals surface area (Å²) in [6.07, 6.45) is 2.05. The summed E-state index contributed by atoms with van der Waals surface area (Å²) >= 11 is 0. The number of phenols is 1. The third kappa shape index (κ3) is 4.49. The Morgan fingerprint density at radius 3 is 2.63 bits per heavy atom. The number of carbonyl (C=O) groups is 1. The molecular formula is C22H28N2O3. The minimum absolute atomic E-state index is 0.0394. The molecule has 5 nitrogen and oxygen atoms in total. The molecule has 1 heterocycles. The number of hydrogen-bond donors (Lipinski definition) is 3. The molecule has 0 bridgehead atoms. The van der Waals surface area contributed by atoms with Crippen LogP contribution in [0.5, 0.6) is 5.75 Å². The molecule has 0 radical (unpaired) electrons. The van der Waals surface area contributed by atoms with E-state index >= 15 is 0 Å². The van der Waals surface area contributed by atoms with Gasteiger partial charge in [-0.25, -0.2) is 0 Å². The summed E-state index contributed by atoms with van der Waals surface area (Å²) in [5, 5.41) is 25.0. The maximum atomic E-state index is 12.1. The second kappa shape index (κ2) is 8.55. The molecule has 27 heavy (non-hydrogen) atoms. The minimum atomic E-state index is -1.23. The van der Waals surface area contributed by atoms with E-state index in [1.54, 1.807) is 25.1 Å². The Kier molecular flexibility index (Phi) is 6.14. The van der Waals surface area contributed by atoms with E-state index in [9.17, 15) is 15.0 Å². The molecule has 144 valence electrons. The second-order valence-electron chi connectivity index (χ2n) is 7.24. The average Bonchev–Trinajstić information content (AvgIpc) is 2.92. The maximum Gasteiger partial charge on any atom is 0.219 e. The zero-order chi connectivity index (χ0) is 19.3. The summed E-state index contributed by atoms with van der Waals surface area (Å²) in [5.74, 6) is 0.202. The van der Waals surface area contributed by atoms with E-state index in [1.165, 1.54) is 0 Å². The van der Waals surface area contributed by atoms with Gasteiger partial charge in [0.15, 0.2) is 0 Å². The van der Waals surface area contributed by atoms with Crippen molar-refractivity contribution < 1.29 is 15.0 Å². The molecule has 3 rings (SSSR count). The van der Waals surface area contributed by atoms with Crippen molar-refractivity contribution in [3.05, 3.63) is 65.7 Å². The molecule has 1 fully saturated rings. The highest BCUT2D eigenvalue weighted by molar-refractivity contribution is 5.73. The molecule has 0 aliphatic carbocycles. The Bertz CT molecular complexity index is 765. The van der Waals surface area contributed by atoms with Crippen LogP contribution in [0.1, 0.15) is 37.3 Å². The fraction of sp³-hybridized carbons (Fsp3) is 0.409. The van der Waals surface area contributed by atoms with Gasteiger partial charge in [-0.1, -0.05) is 42.5 Å². The van der Waals surface area contributed by atoms with E-state index in [1.807, 2.05) is 41.3 Å². The number of aromatic hydroxyl groups is 1. The van der Waals surface area contributed by atoms with Gasteiger partial charge >= 0.3 is 0 Å². The number of nitrogens with zero attached hydrogens (tertiary/aromatic N) is 1. The van der Waals surface area contributed by atoms with Crippen molar-refractivity contribution in [2.75, 3.05) is 19.6 Å². The Labute approximate surface area is 160 Å². The van der Waals surface area contributed by atoms with Crippen LogP contribution in [0.25, 0.3) is 0 Å². The molecular weight excluding hydrogens is 340 g/mol. The number of nitrogens with one attached hydrogen (secondary N) is 1. The summed E-state index contributed by atoms with van der Waals surface area (Å²) in [7, 11) is 0. The first-order chi connectivity index (χ1) is 13.0. The molecule has 1 saturated heterocycles. The van der Waals surface area contributed by atoms with Crippen LogP contribution in [0, 0.1) is 0 Å². The van der Waals surface area contributed by atoms with Gasteiger partial charge in [0.1, 0.15) is 11.4 Å². The van der Waals surface area contributed by atoms with E-state index < -0.39 is 5.60 Å². The second-order valence-corrected chi connectivity index (χ2v) is 7.24. The number of rotatable bonds is 5. The molecule has 2 aromatic rings. The highest BCUT2D eigenvalue weighted by Crippen LogP contribution is 2.36. The van der Waals surface area contributed by atoms with E-state index in [4.69, 9.17) is 0 Å². The molecule has 1 aliphatic heterocycles. The Hall–Kier alpha value is -2.37. The lowest BCUT2D eigenvalue weighted by Gasteiger charge is -2.34. The van der Waals surface area contributed by atoms with E-state index in [0.29, 0.717) is 18.4 Å². The fourth-order valence-electron chi connectivity index (χ4n) is 3.92. The topological polar surface area (TPSA) is 72.8 Å². The molecule has 0 spiro atoms. The number of phenolic OH excluding ortho intramolecular Hbond substituents is 1. The fourth-order valence-corrected chi connectivity index (χ4v) is 3.92. The van der Waals surface area contributed by atoms with E-state index in [0.717, 1.165) is 31.6 Å². The van der Waals surface area contributed by atoms with Crippen LogP contribution >= 0.6 is 0 Å². The zero-order valence-corrected chi connectivity index (χ0v) is 15.8. The first kappa shape index (κ1) is 19.4. The number of benzene rings is 2. The summed E-state index contributed by atoms with van der Waals surface area (Å²) < 4.78 is 0.